The van der Waals surface area contributed by atoms with Crippen molar-refractivity contribution in [3.8, 4) is 0 Å². The zero-order valence-corrected chi connectivity index (χ0v) is 11.0. The summed E-state index contributed by atoms with van der Waals surface area (Å²) in [5, 5.41) is 14.0. The van der Waals surface area contributed by atoms with E-state index < -0.39 is 0 Å². The third kappa shape index (κ3) is 2.65. The molecule has 0 aliphatic rings. The van der Waals surface area contributed by atoms with Gasteiger partial charge in [0.2, 0.25) is 0 Å². The van der Waals surface area contributed by atoms with Crippen molar-refractivity contribution in [3.05, 3.63) is 50.0 Å². The highest BCUT2D eigenvalue weighted by Crippen LogP contribution is 2.23. The molecular weight excluding hydrogens is 250 g/mol. The molecular formula is C12H13N3O2S. The summed E-state index contributed by atoms with van der Waals surface area (Å²) in [5.41, 5.74) is 4.35. The van der Waals surface area contributed by atoms with E-state index in [1.807, 2.05) is 13.0 Å². The largest absolute Gasteiger partial charge is 0.380 e. The van der Waals surface area contributed by atoms with Crippen LogP contribution in [0.25, 0.3) is 0 Å². The summed E-state index contributed by atoms with van der Waals surface area (Å²) in [6.45, 7) is 4.32. The summed E-state index contributed by atoms with van der Waals surface area (Å²) in [7, 11) is 0. The van der Waals surface area contributed by atoms with Crippen LogP contribution in [0, 0.1) is 24.0 Å². The molecule has 6 heteroatoms. The number of benzene rings is 1. The molecule has 0 saturated heterocycles. The van der Waals surface area contributed by atoms with Crippen LogP contribution in [0.15, 0.2) is 23.7 Å². The Morgan fingerprint density at radius 2 is 2.22 bits per heavy atom. The van der Waals surface area contributed by atoms with Crippen LogP contribution in [-0.2, 0) is 6.54 Å². The lowest BCUT2D eigenvalue weighted by Gasteiger charge is -2.06. The molecule has 1 aromatic heterocycles. The third-order valence-electron chi connectivity index (χ3n) is 2.70. The maximum atomic E-state index is 10.8. The third-order valence-corrected chi connectivity index (χ3v) is 3.64. The van der Waals surface area contributed by atoms with Gasteiger partial charge in [0.25, 0.3) is 5.69 Å². The van der Waals surface area contributed by atoms with Crippen LogP contribution in [0.2, 0.25) is 0 Å². The van der Waals surface area contributed by atoms with Crippen molar-refractivity contribution < 1.29 is 4.92 Å². The molecule has 94 valence electrons. The van der Waals surface area contributed by atoms with Crippen LogP contribution in [0.5, 0.6) is 0 Å². The fourth-order valence-electron chi connectivity index (χ4n) is 1.59. The van der Waals surface area contributed by atoms with E-state index in [1.54, 1.807) is 35.9 Å². The van der Waals surface area contributed by atoms with Gasteiger partial charge in [0, 0.05) is 22.2 Å². The number of hydrogen-bond acceptors (Lipinski definition) is 5. The fourth-order valence-corrected chi connectivity index (χ4v) is 2.31. The molecule has 0 amide bonds. The molecule has 5 nitrogen and oxygen atoms in total. The minimum atomic E-state index is -0.363. The molecule has 0 unspecified atom stereocenters. The Balaban J connectivity index is 2.13. The second kappa shape index (κ2) is 5.14. The molecule has 1 aromatic carbocycles. The molecule has 0 saturated carbocycles. The standard InChI is InChI=1S/C12H13N3O2S/c1-8-3-4-10(5-11(8)15(16)17)13-6-12-9(2)14-7-18-12/h3-5,7,13H,6H2,1-2H3. The summed E-state index contributed by atoms with van der Waals surface area (Å²) >= 11 is 1.57. The molecule has 2 aromatic rings. The van der Waals surface area contributed by atoms with E-state index in [0.29, 0.717) is 12.1 Å². The van der Waals surface area contributed by atoms with Crippen molar-refractivity contribution in [1.29, 1.82) is 0 Å². The fraction of sp³-hybridized carbons (Fsp3) is 0.250. The van der Waals surface area contributed by atoms with Crippen molar-refractivity contribution in [2.75, 3.05) is 5.32 Å². The SMILES string of the molecule is Cc1ccc(NCc2scnc2C)cc1[N+](=O)[O-]. The van der Waals surface area contributed by atoms with Gasteiger partial charge in [0.15, 0.2) is 0 Å². The molecule has 0 atom stereocenters. The molecule has 0 spiro atoms. The lowest BCUT2D eigenvalue weighted by Crippen LogP contribution is -2.00. The second-order valence-electron chi connectivity index (χ2n) is 3.97. The normalized spacial score (nSPS) is 10.3. The topological polar surface area (TPSA) is 68.1 Å². The van der Waals surface area contributed by atoms with Crippen molar-refractivity contribution in [3.63, 3.8) is 0 Å². The minimum Gasteiger partial charge on any atom is -0.380 e. The van der Waals surface area contributed by atoms with E-state index in [-0.39, 0.29) is 10.6 Å². The zero-order valence-electron chi connectivity index (χ0n) is 10.1. The number of nitrogens with zero attached hydrogens (tertiary/aromatic N) is 2. The first-order valence-corrected chi connectivity index (χ1v) is 6.34. The van der Waals surface area contributed by atoms with Gasteiger partial charge in [0.1, 0.15) is 0 Å². The van der Waals surface area contributed by atoms with Crippen molar-refractivity contribution in [1.82, 2.24) is 4.98 Å². The van der Waals surface area contributed by atoms with E-state index >= 15 is 0 Å². The smallest absolute Gasteiger partial charge is 0.274 e. The quantitative estimate of drug-likeness (QED) is 0.679. The predicted molar refractivity (Wildman–Crippen MR) is 72.0 cm³/mol. The summed E-state index contributed by atoms with van der Waals surface area (Å²) in [4.78, 5) is 15.8. The average molecular weight is 263 g/mol. The molecule has 1 heterocycles. The number of rotatable bonds is 4. The van der Waals surface area contributed by atoms with Crippen LogP contribution >= 0.6 is 11.3 Å². The number of aromatic nitrogens is 1. The van der Waals surface area contributed by atoms with E-state index in [2.05, 4.69) is 10.3 Å². The van der Waals surface area contributed by atoms with Crippen LogP contribution in [-0.4, -0.2) is 9.91 Å². The molecule has 0 bridgehead atoms. The number of thiazole rings is 1. The predicted octanol–water partition coefficient (Wildman–Crippen LogP) is 3.28. The maximum absolute atomic E-state index is 10.8. The number of nitro groups is 1. The Bertz CT molecular complexity index is 580. The molecule has 18 heavy (non-hydrogen) atoms. The van der Waals surface area contributed by atoms with Crippen molar-refractivity contribution in [2.45, 2.75) is 20.4 Å². The van der Waals surface area contributed by atoms with Gasteiger partial charge in [-0.15, -0.1) is 11.3 Å². The Kier molecular flexibility index (Phi) is 3.57. The lowest BCUT2D eigenvalue weighted by atomic mass is 10.2. The molecule has 1 N–H and O–H groups in total. The monoisotopic (exact) mass is 263 g/mol. The first-order valence-electron chi connectivity index (χ1n) is 5.46. The first-order chi connectivity index (χ1) is 8.58. The highest BCUT2D eigenvalue weighted by Gasteiger charge is 2.11. The highest BCUT2D eigenvalue weighted by atomic mass is 32.1. The Labute approximate surface area is 109 Å². The van der Waals surface area contributed by atoms with E-state index in [4.69, 9.17) is 0 Å². The van der Waals surface area contributed by atoms with Gasteiger partial charge in [-0.25, -0.2) is 4.98 Å². The summed E-state index contributed by atoms with van der Waals surface area (Å²) in [6, 6.07) is 5.16. The molecule has 0 radical (unpaired) electrons. The van der Waals surface area contributed by atoms with Gasteiger partial charge in [-0.05, 0) is 19.9 Å². The van der Waals surface area contributed by atoms with Crippen molar-refractivity contribution >= 4 is 22.7 Å². The van der Waals surface area contributed by atoms with Gasteiger partial charge in [-0.1, -0.05) is 6.07 Å². The Morgan fingerprint density at radius 1 is 1.44 bits per heavy atom. The van der Waals surface area contributed by atoms with Crippen molar-refractivity contribution in [2.24, 2.45) is 0 Å². The Morgan fingerprint density at radius 3 is 2.83 bits per heavy atom. The first kappa shape index (κ1) is 12.5. The zero-order chi connectivity index (χ0) is 13.1. The van der Waals surface area contributed by atoms with Gasteiger partial charge >= 0.3 is 0 Å². The number of nitro benzene ring substituents is 1. The minimum absolute atomic E-state index is 0.140. The van der Waals surface area contributed by atoms with Crippen LogP contribution in [0.4, 0.5) is 11.4 Å². The number of anilines is 1. The van der Waals surface area contributed by atoms with E-state index in [1.165, 1.54) is 0 Å². The van der Waals surface area contributed by atoms with Crippen LogP contribution in [0.1, 0.15) is 16.1 Å². The molecule has 2 rings (SSSR count). The van der Waals surface area contributed by atoms with Gasteiger partial charge in [-0.3, -0.25) is 10.1 Å². The van der Waals surface area contributed by atoms with E-state index in [9.17, 15) is 10.1 Å². The van der Waals surface area contributed by atoms with Gasteiger partial charge in [-0.2, -0.15) is 0 Å². The average Bonchev–Trinajstić information content (AvgIpc) is 2.73. The molecule has 0 aliphatic carbocycles. The summed E-state index contributed by atoms with van der Waals surface area (Å²) in [5.74, 6) is 0. The molecule has 0 aliphatic heterocycles. The van der Waals surface area contributed by atoms with Crippen LogP contribution < -0.4 is 5.32 Å². The van der Waals surface area contributed by atoms with Gasteiger partial charge in [0.05, 0.1) is 22.7 Å². The highest BCUT2D eigenvalue weighted by molar-refractivity contribution is 7.09. The maximum Gasteiger partial charge on any atom is 0.274 e. The van der Waals surface area contributed by atoms with Gasteiger partial charge < -0.3 is 5.32 Å². The van der Waals surface area contributed by atoms with E-state index in [0.717, 1.165) is 16.3 Å². The van der Waals surface area contributed by atoms with Crippen LogP contribution in [0.3, 0.4) is 0 Å². The summed E-state index contributed by atoms with van der Waals surface area (Å²) < 4.78 is 0. The number of hydrogen-bond donors (Lipinski definition) is 1. The second-order valence-corrected chi connectivity index (χ2v) is 4.91. The number of aryl methyl sites for hydroxylation is 2. The Hall–Kier alpha value is -1.95. The summed E-state index contributed by atoms with van der Waals surface area (Å²) in [6.07, 6.45) is 0. The molecule has 0 fully saturated rings. The lowest BCUT2D eigenvalue weighted by molar-refractivity contribution is -0.385. The number of nitrogens with one attached hydrogen (secondary N) is 1.